The smallest absolute Gasteiger partial charge is 0.266 e. The van der Waals surface area contributed by atoms with E-state index in [1.807, 2.05) is 61.5 Å². The summed E-state index contributed by atoms with van der Waals surface area (Å²) in [7, 11) is 1.56. The monoisotopic (exact) mass is 557 g/mol. The first-order chi connectivity index (χ1) is 15.5. The Hall–Kier alpha value is -2.85. The van der Waals surface area contributed by atoms with Crippen LogP contribution in [0.2, 0.25) is 0 Å². The Labute approximate surface area is 203 Å². The molecule has 0 aliphatic heterocycles. The lowest BCUT2D eigenvalue weighted by Crippen LogP contribution is -2.23. The summed E-state index contributed by atoms with van der Waals surface area (Å²) in [4.78, 5) is 30.8. The fourth-order valence-electron chi connectivity index (χ4n) is 3.29. The van der Waals surface area contributed by atoms with Gasteiger partial charge in [0.1, 0.15) is 5.75 Å². The van der Waals surface area contributed by atoms with Gasteiger partial charge in [0.05, 0.1) is 29.5 Å². The van der Waals surface area contributed by atoms with Gasteiger partial charge in [-0.15, -0.1) is 0 Å². The standard InChI is InChI=1S/C24H20IN3O3S/c1-15-7-3-4-8-18(15)26-22(29)14-32-24-27-19-12-11-16(25)13-17(19)23(30)28(24)20-9-5-6-10-21(20)31-2/h3-13H,14H2,1-2H3,(H,26,29). The Morgan fingerprint density at radius 3 is 2.66 bits per heavy atom. The van der Waals surface area contributed by atoms with Gasteiger partial charge in [-0.1, -0.05) is 42.1 Å². The van der Waals surface area contributed by atoms with Crippen LogP contribution in [-0.2, 0) is 4.79 Å². The highest BCUT2D eigenvalue weighted by atomic mass is 127. The average molecular weight is 557 g/mol. The topological polar surface area (TPSA) is 73.2 Å². The lowest BCUT2D eigenvalue weighted by atomic mass is 10.2. The summed E-state index contributed by atoms with van der Waals surface area (Å²) in [5.41, 5.74) is 2.70. The maximum Gasteiger partial charge on any atom is 0.266 e. The molecule has 1 aromatic heterocycles. The maximum absolute atomic E-state index is 13.5. The fraction of sp³-hybridized carbons (Fsp3) is 0.125. The van der Waals surface area contributed by atoms with Crippen molar-refractivity contribution in [3.8, 4) is 11.4 Å². The van der Waals surface area contributed by atoms with E-state index in [-0.39, 0.29) is 17.2 Å². The molecule has 0 bridgehead atoms. The van der Waals surface area contributed by atoms with Crippen molar-refractivity contribution >= 4 is 56.9 Å². The second-order valence-corrected chi connectivity index (χ2v) is 9.21. The van der Waals surface area contributed by atoms with Crippen molar-refractivity contribution in [2.45, 2.75) is 12.1 Å². The van der Waals surface area contributed by atoms with Crippen molar-refractivity contribution in [3.63, 3.8) is 0 Å². The number of para-hydroxylation sites is 3. The van der Waals surface area contributed by atoms with Crippen LogP contribution in [0, 0.1) is 10.5 Å². The number of anilines is 1. The third-order valence-electron chi connectivity index (χ3n) is 4.88. The number of benzene rings is 3. The van der Waals surface area contributed by atoms with Crippen molar-refractivity contribution in [1.29, 1.82) is 0 Å². The van der Waals surface area contributed by atoms with Gasteiger partial charge in [0, 0.05) is 9.26 Å². The van der Waals surface area contributed by atoms with E-state index in [0.29, 0.717) is 27.5 Å². The summed E-state index contributed by atoms with van der Waals surface area (Å²) in [6.07, 6.45) is 0. The number of halogens is 1. The Bertz CT molecular complexity index is 1370. The van der Waals surface area contributed by atoms with Crippen molar-refractivity contribution in [2.24, 2.45) is 0 Å². The number of amides is 1. The van der Waals surface area contributed by atoms with Gasteiger partial charge < -0.3 is 10.1 Å². The van der Waals surface area contributed by atoms with Crippen LogP contribution in [0.4, 0.5) is 5.69 Å². The molecule has 0 radical (unpaired) electrons. The second kappa shape index (κ2) is 9.74. The first kappa shape index (κ1) is 22.3. The number of nitrogens with zero attached hydrogens (tertiary/aromatic N) is 2. The van der Waals surface area contributed by atoms with Gasteiger partial charge in [-0.2, -0.15) is 0 Å². The molecule has 0 spiro atoms. The number of aryl methyl sites for hydroxylation is 1. The molecule has 0 aliphatic carbocycles. The van der Waals surface area contributed by atoms with Gasteiger partial charge in [0.15, 0.2) is 5.16 Å². The SMILES string of the molecule is COc1ccccc1-n1c(SCC(=O)Nc2ccccc2C)nc2ccc(I)cc2c1=O. The molecule has 1 amide bonds. The molecule has 3 aromatic carbocycles. The number of hydrogen-bond acceptors (Lipinski definition) is 5. The highest BCUT2D eigenvalue weighted by Crippen LogP contribution is 2.27. The summed E-state index contributed by atoms with van der Waals surface area (Å²) < 4.78 is 7.95. The minimum absolute atomic E-state index is 0.103. The molecule has 0 atom stereocenters. The zero-order chi connectivity index (χ0) is 22.7. The van der Waals surface area contributed by atoms with Crippen LogP contribution in [0.5, 0.6) is 5.75 Å². The summed E-state index contributed by atoms with van der Waals surface area (Å²) in [5.74, 6) is 0.478. The molecule has 1 N–H and O–H groups in total. The average Bonchev–Trinajstić information content (AvgIpc) is 2.80. The molecular formula is C24H20IN3O3S. The highest BCUT2D eigenvalue weighted by molar-refractivity contribution is 14.1. The largest absolute Gasteiger partial charge is 0.495 e. The number of fused-ring (bicyclic) bond motifs is 1. The first-order valence-corrected chi connectivity index (χ1v) is 11.9. The van der Waals surface area contributed by atoms with Gasteiger partial charge in [-0.25, -0.2) is 4.98 Å². The van der Waals surface area contributed by atoms with Gasteiger partial charge in [0.2, 0.25) is 5.91 Å². The van der Waals surface area contributed by atoms with E-state index >= 15 is 0 Å². The highest BCUT2D eigenvalue weighted by Gasteiger charge is 2.18. The fourth-order valence-corrected chi connectivity index (χ4v) is 4.59. The molecule has 1 heterocycles. The normalized spacial score (nSPS) is 10.8. The molecule has 4 aromatic rings. The lowest BCUT2D eigenvalue weighted by Gasteiger charge is -2.16. The number of methoxy groups -OCH3 is 1. The zero-order valence-corrected chi connectivity index (χ0v) is 20.4. The molecule has 0 saturated carbocycles. The van der Waals surface area contributed by atoms with E-state index in [4.69, 9.17) is 9.72 Å². The van der Waals surface area contributed by atoms with E-state index < -0.39 is 0 Å². The first-order valence-electron chi connectivity index (χ1n) is 9.82. The van der Waals surface area contributed by atoms with Crippen LogP contribution in [0.1, 0.15) is 5.56 Å². The van der Waals surface area contributed by atoms with Crippen molar-refractivity contribution < 1.29 is 9.53 Å². The second-order valence-electron chi connectivity index (χ2n) is 7.02. The van der Waals surface area contributed by atoms with Crippen LogP contribution in [0.25, 0.3) is 16.6 Å². The minimum Gasteiger partial charge on any atom is -0.495 e. The zero-order valence-electron chi connectivity index (χ0n) is 17.5. The quantitative estimate of drug-likeness (QED) is 0.205. The third-order valence-corrected chi connectivity index (χ3v) is 6.49. The Morgan fingerprint density at radius 1 is 1.12 bits per heavy atom. The van der Waals surface area contributed by atoms with E-state index in [2.05, 4.69) is 27.9 Å². The number of rotatable bonds is 6. The predicted octanol–water partition coefficient (Wildman–Crippen LogP) is 5.04. The third kappa shape index (κ3) is 4.66. The molecule has 4 rings (SSSR count). The molecule has 0 unspecified atom stereocenters. The van der Waals surface area contributed by atoms with E-state index in [0.717, 1.165) is 14.8 Å². The molecule has 0 fully saturated rings. The lowest BCUT2D eigenvalue weighted by molar-refractivity contribution is -0.113. The number of carbonyl (C=O) groups is 1. The molecule has 8 heteroatoms. The summed E-state index contributed by atoms with van der Waals surface area (Å²) >= 11 is 3.38. The van der Waals surface area contributed by atoms with Crippen LogP contribution in [-0.4, -0.2) is 28.3 Å². The number of ether oxygens (including phenoxy) is 1. The van der Waals surface area contributed by atoms with Gasteiger partial charge in [-0.3, -0.25) is 14.2 Å². The maximum atomic E-state index is 13.5. The molecule has 162 valence electrons. The molecule has 0 aliphatic rings. The van der Waals surface area contributed by atoms with Crippen LogP contribution in [0.15, 0.2) is 76.7 Å². The van der Waals surface area contributed by atoms with E-state index in [1.54, 1.807) is 19.2 Å². The molecule has 32 heavy (non-hydrogen) atoms. The van der Waals surface area contributed by atoms with Crippen molar-refractivity contribution in [3.05, 3.63) is 86.2 Å². The molecule has 6 nitrogen and oxygen atoms in total. The Balaban J connectivity index is 1.74. The van der Waals surface area contributed by atoms with Gasteiger partial charge in [-0.05, 0) is 71.5 Å². The summed E-state index contributed by atoms with van der Waals surface area (Å²) in [6.45, 7) is 1.94. The molecule has 0 saturated heterocycles. The number of aromatic nitrogens is 2. The number of carbonyl (C=O) groups excluding carboxylic acids is 1. The molecular weight excluding hydrogens is 537 g/mol. The van der Waals surface area contributed by atoms with Gasteiger partial charge in [0.25, 0.3) is 5.56 Å². The van der Waals surface area contributed by atoms with E-state index in [9.17, 15) is 9.59 Å². The minimum atomic E-state index is -0.208. The Morgan fingerprint density at radius 2 is 1.88 bits per heavy atom. The predicted molar refractivity (Wildman–Crippen MR) is 137 cm³/mol. The Kier molecular flexibility index (Phi) is 6.80. The van der Waals surface area contributed by atoms with E-state index in [1.165, 1.54) is 16.3 Å². The summed E-state index contributed by atoms with van der Waals surface area (Å²) in [5, 5.41) is 3.86. The number of hydrogen-bond donors (Lipinski definition) is 1. The van der Waals surface area contributed by atoms with Crippen molar-refractivity contribution in [1.82, 2.24) is 9.55 Å². The van der Waals surface area contributed by atoms with Crippen LogP contribution < -0.4 is 15.6 Å². The van der Waals surface area contributed by atoms with Crippen LogP contribution in [0.3, 0.4) is 0 Å². The number of thioether (sulfide) groups is 1. The van der Waals surface area contributed by atoms with Crippen molar-refractivity contribution in [2.75, 3.05) is 18.2 Å². The number of nitrogens with one attached hydrogen (secondary N) is 1. The van der Waals surface area contributed by atoms with Gasteiger partial charge >= 0.3 is 0 Å². The summed E-state index contributed by atoms with van der Waals surface area (Å²) in [6, 6.07) is 20.4. The van der Waals surface area contributed by atoms with Crippen LogP contribution >= 0.6 is 34.4 Å².